The molecule has 1 rings (SSSR count). The van der Waals surface area contributed by atoms with Gasteiger partial charge in [0.1, 0.15) is 0 Å². The van der Waals surface area contributed by atoms with Crippen LogP contribution in [0.4, 0.5) is 0 Å². The number of ether oxygens (including phenoxy) is 2. The van der Waals surface area contributed by atoms with Crippen molar-refractivity contribution in [1.82, 2.24) is 0 Å². The van der Waals surface area contributed by atoms with Crippen molar-refractivity contribution >= 4 is 5.97 Å². The molecule has 0 unspecified atom stereocenters. The number of aromatic nitrogens is 1. The van der Waals surface area contributed by atoms with Crippen LogP contribution < -0.4 is 9.47 Å². The SMILES string of the molecule is CCOC(=O)c1ccc(OCC)c[n+]1[O-]. The van der Waals surface area contributed by atoms with Gasteiger partial charge < -0.3 is 14.7 Å². The first-order valence-electron chi connectivity index (χ1n) is 4.72. The average Bonchev–Trinajstić information content (AvgIpc) is 2.18. The molecule has 0 saturated heterocycles. The van der Waals surface area contributed by atoms with Crippen LogP contribution in [0.2, 0.25) is 0 Å². The molecule has 0 atom stereocenters. The fraction of sp³-hybridized carbons (Fsp3) is 0.400. The Balaban J connectivity index is 2.87. The third-order valence-corrected chi connectivity index (χ3v) is 1.68. The minimum absolute atomic E-state index is 0.0414. The molecule has 0 aliphatic carbocycles. The summed E-state index contributed by atoms with van der Waals surface area (Å²) in [6.45, 7) is 4.21. The monoisotopic (exact) mass is 211 g/mol. The number of carbonyl (C=O) groups is 1. The molecule has 0 bridgehead atoms. The Hall–Kier alpha value is -1.78. The topological polar surface area (TPSA) is 62.5 Å². The summed E-state index contributed by atoms with van der Waals surface area (Å²) >= 11 is 0. The van der Waals surface area contributed by atoms with E-state index in [-0.39, 0.29) is 12.3 Å². The maximum atomic E-state index is 11.4. The maximum absolute atomic E-state index is 11.4. The van der Waals surface area contributed by atoms with E-state index in [1.165, 1.54) is 12.3 Å². The lowest BCUT2D eigenvalue weighted by molar-refractivity contribution is -0.608. The lowest BCUT2D eigenvalue weighted by Crippen LogP contribution is -2.35. The summed E-state index contributed by atoms with van der Waals surface area (Å²) in [7, 11) is 0. The predicted molar refractivity (Wildman–Crippen MR) is 52.5 cm³/mol. The molecule has 0 aliphatic heterocycles. The second-order valence-electron chi connectivity index (χ2n) is 2.73. The van der Waals surface area contributed by atoms with Gasteiger partial charge in [0, 0.05) is 6.07 Å². The summed E-state index contributed by atoms with van der Waals surface area (Å²) in [6, 6.07) is 2.94. The summed E-state index contributed by atoms with van der Waals surface area (Å²) < 4.78 is 10.3. The highest BCUT2D eigenvalue weighted by Crippen LogP contribution is 2.08. The van der Waals surface area contributed by atoms with Gasteiger partial charge in [-0.1, -0.05) is 0 Å². The lowest BCUT2D eigenvalue weighted by atomic mass is 10.3. The van der Waals surface area contributed by atoms with Gasteiger partial charge in [-0.15, -0.1) is 0 Å². The molecule has 82 valence electrons. The molecular formula is C10H13NO4. The number of nitrogens with zero attached hydrogens (tertiary/aromatic N) is 1. The number of hydrogen-bond donors (Lipinski definition) is 0. The molecule has 0 N–H and O–H groups in total. The number of esters is 1. The molecule has 0 spiro atoms. The molecule has 0 aromatic carbocycles. The first-order chi connectivity index (χ1) is 7.19. The third kappa shape index (κ3) is 2.83. The van der Waals surface area contributed by atoms with Crippen molar-refractivity contribution in [2.45, 2.75) is 13.8 Å². The Kier molecular flexibility index (Phi) is 3.91. The number of hydrogen-bond acceptors (Lipinski definition) is 4. The van der Waals surface area contributed by atoms with Crippen LogP contribution in [0.1, 0.15) is 24.3 Å². The van der Waals surface area contributed by atoms with E-state index in [0.717, 1.165) is 0 Å². The quantitative estimate of drug-likeness (QED) is 0.421. The molecule has 0 radical (unpaired) electrons. The normalized spacial score (nSPS) is 9.73. The number of pyridine rings is 1. The molecule has 0 saturated carbocycles. The number of rotatable bonds is 4. The van der Waals surface area contributed by atoms with Gasteiger partial charge in [-0.25, -0.2) is 4.79 Å². The van der Waals surface area contributed by atoms with E-state index in [1.54, 1.807) is 13.0 Å². The molecule has 0 amide bonds. The Morgan fingerprint density at radius 2 is 2.13 bits per heavy atom. The van der Waals surface area contributed by atoms with E-state index in [9.17, 15) is 10.0 Å². The van der Waals surface area contributed by atoms with E-state index in [2.05, 4.69) is 0 Å². The second-order valence-corrected chi connectivity index (χ2v) is 2.73. The van der Waals surface area contributed by atoms with Gasteiger partial charge in [0.15, 0.2) is 5.75 Å². The Labute approximate surface area is 87.8 Å². The predicted octanol–water partition coefficient (Wildman–Crippen LogP) is 0.895. The molecule has 15 heavy (non-hydrogen) atoms. The fourth-order valence-electron chi connectivity index (χ4n) is 1.08. The highest BCUT2D eigenvalue weighted by atomic mass is 16.5. The molecule has 0 aliphatic rings. The summed E-state index contributed by atoms with van der Waals surface area (Å²) in [5.41, 5.74) is -0.0414. The molecular weight excluding hydrogens is 198 g/mol. The van der Waals surface area contributed by atoms with E-state index in [1.807, 2.05) is 6.92 Å². The highest BCUT2D eigenvalue weighted by molar-refractivity contribution is 5.85. The second kappa shape index (κ2) is 5.19. The van der Waals surface area contributed by atoms with Crippen molar-refractivity contribution in [3.63, 3.8) is 0 Å². The number of carbonyl (C=O) groups excluding carboxylic acids is 1. The van der Waals surface area contributed by atoms with Gasteiger partial charge in [-0.05, 0) is 19.9 Å². The van der Waals surface area contributed by atoms with E-state index < -0.39 is 5.97 Å². The van der Waals surface area contributed by atoms with Crippen LogP contribution in [-0.2, 0) is 4.74 Å². The summed E-state index contributed by atoms with van der Waals surface area (Å²) in [4.78, 5) is 11.3. The third-order valence-electron chi connectivity index (χ3n) is 1.68. The molecule has 0 fully saturated rings. The molecule has 1 aromatic heterocycles. The summed E-state index contributed by atoms with van der Waals surface area (Å²) in [5.74, 6) is -0.198. The highest BCUT2D eigenvalue weighted by Gasteiger charge is 2.17. The van der Waals surface area contributed by atoms with Gasteiger partial charge in [0.25, 0.3) is 0 Å². The van der Waals surface area contributed by atoms with E-state index in [0.29, 0.717) is 17.1 Å². The zero-order valence-electron chi connectivity index (χ0n) is 8.73. The Morgan fingerprint density at radius 3 is 2.67 bits per heavy atom. The summed E-state index contributed by atoms with van der Waals surface area (Å²) in [5, 5.41) is 11.4. The minimum Gasteiger partial charge on any atom is -0.618 e. The van der Waals surface area contributed by atoms with Crippen LogP contribution in [0.15, 0.2) is 18.3 Å². The van der Waals surface area contributed by atoms with E-state index in [4.69, 9.17) is 9.47 Å². The van der Waals surface area contributed by atoms with Crippen molar-refractivity contribution < 1.29 is 19.0 Å². The Bertz CT molecular complexity index is 351. The van der Waals surface area contributed by atoms with E-state index >= 15 is 0 Å². The first kappa shape index (κ1) is 11.3. The average molecular weight is 211 g/mol. The minimum atomic E-state index is -0.629. The van der Waals surface area contributed by atoms with Crippen molar-refractivity contribution in [2.75, 3.05) is 13.2 Å². The lowest BCUT2D eigenvalue weighted by Gasteiger charge is -2.06. The van der Waals surface area contributed by atoms with Gasteiger partial charge >= 0.3 is 11.7 Å². The zero-order valence-corrected chi connectivity index (χ0v) is 8.73. The zero-order chi connectivity index (χ0) is 11.3. The van der Waals surface area contributed by atoms with Crippen molar-refractivity contribution in [3.05, 3.63) is 29.2 Å². The largest absolute Gasteiger partial charge is 0.618 e. The van der Waals surface area contributed by atoms with Crippen LogP contribution in [0.3, 0.4) is 0 Å². The standard InChI is InChI=1S/C10H13NO4/c1-3-14-8-5-6-9(11(13)7-8)10(12)15-4-2/h5-7H,3-4H2,1-2H3. The molecule has 1 aromatic rings. The van der Waals surface area contributed by atoms with Crippen LogP contribution in [0.25, 0.3) is 0 Å². The fourth-order valence-corrected chi connectivity index (χ4v) is 1.08. The van der Waals surface area contributed by atoms with Gasteiger partial charge in [0.05, 0.1) is 13.2 Å². The van der Waals surface area contributed by atoms with Gasteiger partial charge in [0.2, 0.25) is 6.20 Å². The Morgan fingerprint density at radius 1 is 1.40 bits per heavy atom. The van der Waals surface area contributed by atoms with Crippen LogP contribution in [0.5, 0.6) is 5.75 Å². The van der Waals surface area contributed by atoms with Gasteiger partial charge in [-0.2, -0.15) is 4.73 Å². The van der Waals surface area contributed by atoms with Crippen molar-refractivity contribution in [2.24, 2.45) is 0 Å². The smallest absolute Gasteiger partial charge is 0.405 e. The van der Waals surface area contributed by atoms with Crippen LogP contribution >= 0.6 is 0 Å². The van der Waals surface area contributed by atoms with Crippen LogP contribution in [0, 0.1) is 5.21 Å². The molecule has 5 heteroatoms. The maximum Gasteiger partial charge on any atom is 0.405 e. The first-order valence-corrected chi connectivity index (χ1v) is 4.72. The molecule has 1 heterocycles. The molecule has 5 nitrogen and oxygen atoms in total. The van der Waals surface area contributed by atoms with Crippen LogP contribution in [-0.4, -0.2) is 19.2 Å². The summed E-state index contributed by atoms with van der Waals surface area (Å²) in [6.07, 6.45) is 1.20. The van der Waals surface area contributed by atoms with Crippen molar-refractivity contribution in [3.8, 4) is 5.75 Å². The van der Waals surface area contributed by atoms with Crippen molar-refractivity contribution in [1.29, 1.82) is 0 Å². The van der Waals surface area contributed by atoms with Gasteiger partial charge in [-0.3, -0.25) is 0 Å².